The molecule has 0 aliphatic heterocycles. The van der Waals surface area contributed by atoms with Crippen molar-refractivity contribution in [3.8, 4) is 11.5 Å². The maximum atomic E-state index is 12.4. The molecule has 6 nitrogen and oxygen atoms in total. The molecular formula is C16H14ClN3O3. The first-order chi connectivity index (χ1) is 11.1. The smallest absolute Gasteiger partial charge is 0.259 e. The highest BCUT2D eigenvalue weighted by Gasteiger charge is 2.24. The second kappa shape index (κ2) is 6.58. The molecule has 0 aliphatic rings. The van der Waals surface area contributed by atoms with Crippen molar-refractivity contribution in [1.29, 1.82) is 0 Å². The number of nitrogens with zero attached hydrogens (tertiary/aromatic N) is 1. The second-order valence-electron chi connectivity index (χ2n) is 4.87. The molecule has 0 radical (unpaired) electrons. The predicted octanol–water partition coefficient (Wildman–Crippen LogP) is 3.14. The van der Waals surface area contributed by atoms with Gasteiger partial charge in [-0.2, -0.15) is 0 Å². The molecule has 1 amide bonds. The summed E-state index contributed by atoms with van der Waals surface area (Å²) in [5.41, 5.74) is 7.20. The molecule has 2 aromatic heterocycles. The molecule has 23 heavy (non-hydrogen) atoms. The number of amides is 1. The number of aromatic nitrogens is 1. The number of rotatable bonds is 5. The maximum Gasteiger partial charge on any atom is 0.259 e. The summed E-state index contributed by atoms with van der Waals surface area (Å²) in [6.07, 6.45) is 0.708. The van der Waals surface area contributed by atoms with Gasteiger partial charge in [-0.15, -0.1) is 0 Å². The van der Waals surface area contributed by atoms with Gasteiger partial charge in [0.2, 0.25) is 5.88 Å². The van der Waals surface area contributed by atoms with Crippen LogP contribution in [-0.2, 0) is 6.42 Å². The SMILES string of the molecule is Nc1onc(-c2ccc(Cl)o2)c1C(=O)NCCc1ccccc1. The number of nitrogens with one attached hydrogen (secondary N) is 1. The third-order valence-electron chi connectivity index (χ3n) is 3.29. The minimum absolute atomic E-state index is 0.0651. The number of hydrogen-bond donors (Lipinski definition) is 2. The van der Waals surface area contributed by atoms with Crippen molar-refractivity contribution in [2.24, 2.45) is 0 Å². The molecule has 118 valence electrons. The van der Waals surface area contributed by atoms with E-state index in [0.29, 0.717) is 18.7 Å². The zero-order valence-corrected chi connectivity index (χ0v) is 12.8. The Hall–Kier alpha value is -2.73. The standard InChI is InChI=1S/C16H14ClN3O3/c17-12-7-6-11(22-12)14-13(15(18)23-20-14)16(21)19-9-8-10-4-2-1-3-5-10/h1-7H,8-9,18H2,(H,19,21). The Morgan fingerprint density at radius 2 is 2.00 bits per heavy atom. The highest BCUT2D eigenvalue weighted by atomic mass is 35.5. The van der Waals surface area contributed by atoms with Gasteiger partial charge >= 0.3 is 0 Å². The van der Waals surface area contributed by atoms with Gasteiger partial charge in [0.1, 0.15) is 5.56 Å². The molecule has 0 aliphatic carbocycles. The van der Waals surface area contributed by atoms with Crippen LogP contribution in [0.5, 0.6) is 0 Å². The van der Waals surface area contributed by atoms with Crippen LogP contribution in [0.2, 0.25) is 5.22 Å². The van der Waals surface area contributed by atoms with E-state index < -0.39 is 0 Å². The van der Waals surface area contributed by atoms with Crippen LogP contribution >= 0.6 is 11.6 Å². The molecule has 0 unspecified atom stereocenters. The molecule has 0 saturated carbocycles. The average Bonchev–Trinajstić information content (AvgIpc) is 3.14. The fraction of sp³-hybridized carbons (Fsp3) is 0.125. The summed E-state index contributed by atoms with van der Waals surface area (Å²) < 4.78 is 10.2. The maximum absolute atomic E-state index is 12.4. The van der Waals surface area contributed by atoms with Gasteiger partial charge in [0.05, 0.1) is 0 Å². The molecule has 3 aromatic rings. The number of furan rings is 1. The van der Waals surface area contributed by atoms with Crippen LogP contribution in [0.3, 0.4) is 0 Å². The largest absolute Gasteiger partial charge is 0.443 e. The van der Waals surface area contributed by atoms with Crippen molar-refractivity contribution in [1.82, 2.24) is 10.5 Å². The minimum Gasteiger partial charge on any atom is -0.443 e. The quantitative estimate of drug-likeness (QED) is 0.749. The number of anilines is 1. The molecule has 0 atom stereocenters. The number of nitrogen functional groups attached to an aromatic ring is 1. The van der Waals surface area contributed by atoms with Crippen LogP contribution in [0.1, 0.15) is 15.9 Å². The molecule has 0 bridgehead atoms. The molecule has 7 heteroatoms. The zero-order chi connectivity index (χ0) is 16.2. The van der Waals surface area contributed by atoms with Gasteiger partial charge in [0, 0.05) is 6.54 Å². The Kier molecular flexibility index (Phi) is 4.34. The topological polar surface area (TPSA) is 94.3 Å². The van der Waals surface area contributed by atoms with E-state index in [9.17, 15) is 4.79 Å². The fourth-order valence-corrected chi connectivity index (χ4v) is 2.33. The lowest BCUT2D eigenvalue weighted by atomic mass is 10.1. The van der Waals surface area contributed by atoms with Crippen molar-refractivity contribution in [3.63, 3.8) is 0 Å². The molecule has 0 fully saturated rings. The van der Waals surface area contributed by atoms with Gasteiger partial charge in [0.25, 0.3) is 5.91 Å². The van der Waals surface area contributed by atoms with E-state index in [1.807, 2.05) is 30.3 Å². The number of benzene rings is 1. The molecule has 0 spiro atoms. The number of halogens is 1. The molecule has 1 aromatic carbocycles. The van der Waals surface area contributed by atoms with Crippen LogP contribution in [0.25, 0.3) is 11.5 Å². The third-order valence-corrected chi connectivity index (χ3v) is 3.50. The monoisotopic (exact) mass is 331 g/mol. The van der Waals surface area contributed by atoms with Gasteiger partial charge in [-0.3, -0.25) is 4.79 Å². The van der Waals surface area contributed by atoms with Crippen molar-refractivity contribution >= 4 is 23.4 Å². The molecular weight excluding hydrogens is 318 g/mol. The number of carbonyl (C=O) groups excluding carboxylic acids is 1. The number of carbonyl (C=O) groups is 1. The van der Waals surface area contributed by atoms with Crippen LogP contribution in [-0.4, -0.2) is 17.6 Å². The van der Waals surface area contributed by atoms with Gasteiger partial charge in [0.15, 0.2) is 16.7 Å². The third kappa shape index (κ3) is 3.37. The summed E-state index contributed by atoms with van der Waals surface area (Å²) in [5.74, 6) is -0.115. The predicted molar refractivity (Wildman–Crippen MR) is 86.1 cm³/mol. The Labute approximate surface area is 137 Å². The lowest BCUT2D eigenvalue weighted by molar-refractivity contribution is 0.0955. The van der Waals surface area contributed by atoms with Crippen LogP contribution in [0.15, 0.2) is 51.4 Å². The molecule has 0 saturated heterocycles. The number of nitrogens with two attached hydrogens (primary N) is 1. The fourth-order valence-electron chi connectivity index (χ4n) is 2.19. The van der Waals surface area contributed by atoms with Crippen molar-refractivity contribution in [2.75, 3.05) is 12.3 Å². The normalized spacial score (nSPS) is 10.7. The van der Waals surface area contributed by atoms with E-state index in [1.54, 1.807) is 12.1 Å². The van der Waals surface area contributed by atoms with Crippen molar-refractivity contribution in [3.05, 3.63) is 58.8 Å². The Morgan fingerprint density at radius 3 is 2.70 bits per heavy atom. The van der Waals surface area contributed by atoms with Gasteiger partial charge in [-0.05, 0) is 35.7 Å². The van der Waals surface area contributed by atoms with E-state index in [0.717, 1.165) is 5.56 Å². The van der Waals surface area contributed by atoms with Gasteiger partial charge < -0.3 is 20.0 Å². The van der Waals surface area contributed by atoms with E-state index >= 15 is 0 Å². The first-order valence-electron chi connectivity index (χ1n) is 6.98. The average molecular weight is 332 g/mol. The van der Waals surface area contributed by atoms with Crippen molar-refractivity contribution in [2.45, 2.75) is 6.42 Å². The molecule has 2 heterocycles. The summed E-state index contributed by atoms with van der Waals surface area (Å²) in [5, 5.41) is 6.76. The van der Waals surface area contributed by atoms with Crippen LogP contribution < -0.4 is 11.1 Å². The van der Waals surface area contributed by atoms with E-state index in [1.165, 1.54) is 0 Å². The minimum atomic E-state index is -0.373. The van der Waals surface area contributed by atoms with E-state index in [2.05, 4.69) is 10.5 Å². The summed E-state index contributed by atoms with van der Waals surface area (Å²) in [6.45, 7) is 0.464. The van der Waals surface area contributed by atoms with E-state index in [-0.39, 0.29) is 28.3 Å². The second-order valence-corrected chi connectivity index (χ2v) is 5.24. The number of hydrogen-bond acceptors (Lipinski definition) is 5. The highest BCUT2D eigenvalue weighted by molar-refractivity contribution is 6.29. The summed E-state index contributed by atoms with van der Waals surface area (Å²) in [4.78, 5) is 12.4. The van der Waals surface area contributed by atoms with Crippen LogP contribution in [0.4, 0.5) is 5.88 Å². The van der Waals surface area contributed by atoms with Gasteiger partial charge in [-0.1, -0.05) is 35.5 Å². The molecule has 3 rings (SSSR count). The van der Waals surface area contributed by atoms with E-state index in [4.69, 9.17) is 26.3 Å². The first kappa shape index (κ1) is 15.2. The first-order valence-corrected chi connectivity index (χ1v) is 7.36. The van der Waals surface area contributed by atoms with Gasteiger partial charge in [-0.25, -0.2) is 0 Å². The lowest BCUT2D eigenvalue weighted by Gasteiger charge is -2.05. The van der Waals surface area contributed by atoms with Crippen LogP contribution in [0, 0.1) is 0 Å². The summed E-state index contributed by atoms with van der Waals surface area (Å²) in [6, 6.07) is 13.0. The summed E-state index contributed by atoms with van der Waals surface area (Å²) >= 11 is 5.74. The Bertz CT molecular complexity index is 811. The van der Waals surface area contributed by atoms with Crippen molar-refractivity contribution < 1.29 is 13.7 Å². The Morgan fingerprint density at radius 1 is 1.22 bits per heavy atom. The summed E-state index contributed by atoms with van der Waals surface area (Å²) in [7, 11) is 0. The Balaban J connectivity index is 1.71. The molecule has 3 N–H and O–H groups in total. The lowest BCUT2D eigenvalue weighted by Crippen LogP contribution is -2.26. The highest BCUT2D eigenvalue weighted by Crippen LogP contribution is 2.29. The zero-order valence-electron chi connectivity index (χ0n) is 12.1.